The molecule has 22 heavy (non-hydrogen) atoms. The van der Waals surface area contributed by atoms with Crippen molar-refractivity contribution in [1.82, 2.24) is 15.2 Å². The van der Waals surface area contributed by atoms with Crippen molar-refractivity contribution >= 4 is 39.3 Å². The molecule has 0 radical (unpaired) electrons. The standard InChI is InChI=1S/C14H13N5O2S/c1-7-15-10-6-9(4-5-11(10)21-7)16-13(20)17-14-19-18-12(22-14)8-2-3-8/h4-6,8H,2-3H2,1H3,(H2,16,17,19,20). The molecule has 2 N–H and O–H groups in total. The van der Waals surface area contributed by atoms with Gasteiger partial charge in [-0.3, -0.25) is 5.32 Å². The molecule has 0 saturated heterocycles. The first kappa shape index (κ1) is 13.2. The second-order valence-corrected chi connectivity index (χ2v) is 6.22. The van der Waals surface area contributed by atoms with Crippen molar-refractivity contribution in [2.75, 3.05) is 10.6 Å². The number of aromatic nitrogens is 3. The number of nitrogens with zero attached hydrogens (tertiary/aromatic N) is 3. The normalized spacial score (nSPS) is 14.2. The van der Waals surface area contributed by atoms with Gasteiger partial charge in [-0.2, -0.15) is 0 Å². The van der Waals surface area contributed by atoms with E-state index in [1.807, 2.05) is 0 Å². The monoisotopic (exact) mass is 315 g/mol. The van der Waals surface area contributed by atoms with Crippen molar-refractivity contribution in [3.05, 3.63) is 29.1 Å². The van der Waals surface area contributed by atoms with Crippen LogP contribution in [0, 0.1) is 6.92 Å². The van der Waals surface area contributed by atoms with E-state index in [0.29, 0.717) is 33.7 Å². The van der Waals surface area contributed by atoms with Gasteiger partial charge in [0.05, 0.1) is 0 Å². The van der Waals surface area contributed by atoms with Crippen molar-refractivity contribution in [3.63, 3.8) is 0 Å². The van der Waals surface area contributed by atoms with Crippen molar-refractivity contribution in [3.8, 4) is 0 Å². The number of carbonyl (C=O) groups excluding carboxylic acids is 1. The minimum atomic E-state index is -0.349. The number of rotatable bonds is 3. The van der Waals surface area contributed by atoms with Gasteiger partial charge < -0.3 is 9.73 Å². The molecule has 2 amide bonds. The third-order valence-corrected chi connectivity index (χ3v) is 4.34. The van der Waals surface area contributed by atoms with Crippen LogP contribution in [0.5, 0.6) is 0 Å². The number of oxazole rings is 1. The summed E-state index contributed by atoms with van der Waals surface area (Å²) < 4.78 is 5.40. The lowest BCUT2D eigenvalue weighted by molar-refractivity contribution is 0.262. The highest BCUT2D eigenvalue weighted by atomic mass is 32.1. The second kappa shape index (κ2) is 5.06. The fourth-order valence-electron chi connectivity index (χ4n) is 2.16. The molecule has 2 heterocycles. The highest BCUT2D eigenvalue weighted by Crippen LogP contribution is 2.42. The fourth-order valence-corrected chi connectivity index (χ4v) is 3.07. The highest BCUT2D eigenvalue weighted by Gasteiger charge is 2.27. The molecule has 3 aromatic rings. The summed E-state index contributed by atoms with van der Waals surface area (Å²) in [5.41, 5.74) is 2.05. The Morgan fingerprint density at radius 1 is 1.32 bits per heavy atom. The molecule has 1 saturated carbocycles. The number of anilines is 2. The van der Waals surface area contributed by atoms with Crippen LogP contribution in [0.2, 0.25) is 0 Å². The Bertz CT molecular complexity index is 852. The van der Waals surface area contributed by atoms with Crippen molar-refractivity contribution in [1.29, 1.82) is 0 Å². The Labute approximate surface area is 129 Å². The molecule has 4 rings (SSSR count). The third kappa shape index (κ3) is 2.64. The second-order valence-electron chi connectivity index (χ2n) is 5.21. The van der Waals surface area contributed by atoms with Crippen molar-refractivity contribution in [2.24, 2.45) is 0 Å². The van der Waals surface area contributed by atoms with E-state index in [0.717, 1.165) is 17.8 Å². The molecule has 0 spiro atoms. The molecule has 7 nitrogen and oxygen atoms in total. The van der Waals surface area contributed by atoms with Gasteiger partial charge in [-0.1, -0.05) is 11.3 Å². The SMILES string of the molecule is Cc1nc2cc(NC(=O)Nc3nnc(C4CC4)s3)ccc2o1. The average molecular weight is 315 g/mol. The van der Waals surface area contributed by atoms with Crippen LogP contribution >= 0.6 is 11.3 Å². The van der Waals surface area contributed by atoms with Crippen LogP contribution in [0.15, 0.2) is 22.6 Å². The number of benzene rings is 1. The van der Waals surface area contributed by atoms with E-state index in [-0.39, 0.29) is 6.03 Å². The summed E-state index contributed by atoms with van der Waals surface area (Å²) in [4.78, 5) is 16.2. The summed E-state index contributed by atoms with van der Waals surface area (Å²) in [7, 11) is 0. The summed E-state index contributed by atoms with van der Waals surface area (Å²) in [6, 6.07) is 4.96. The molecule has 0 atom stereocenters. The Hall–Kier alpha value is -2.48. The quantitative estimate of drug-likeness (QED) is 0.771. The summed E-state index contributed by atoms with van der Waals surface area (Å²) in [5.74, 6) is 1.13. The first-order valence-corrected chi connectivity index (χ1v) is 7.77. The van der Waals surface area contributed by atoms with Crippen molar-refractivity contribution < 1.29 is 9.21 Å². The van der Waals surface area contributed by atoms with Gasteiger partial charge in [-0.25, -0.2) is 9.78 Å². The maximum absolute atomic E-state index is 12.0. The molecular formula is C14H13N5O2S. The molecule has 1 aliphatic carbocycles. The average Bonchev–Trinajstić information content (AvgIpc) is 3.11. The summed E-state index contributed by atoms with van der Waals surface area (Å²) in [6.07, 6.45) is 2.33. The zero-order chi connectivity index (χ0) is 15.1. The molecular weight excluding hydrogens is 302 g/mol. The number of urea groups is 1. The Morgan fingerprint density at radius 3 is 3.00 bits per heavy atom. The number of carbonyl (C=O) groups is 1. The molecule has 0 aliphatic heterocycles. The number of hydrogen-bond acceptors (Lipinski definition) is 6. The van der Waals surface area contributed by atoms with Gasteiger partial charge in [-0.15, -0.1) is 10.2 Å². The lowest BCUT2D eigenvalue weighted by Crippen LogP contribution is -2.19. The third-order valence-electron chi connectivity index (χ3n) is 3.34. The largest absolute Gasteiger partial charge is 0.441 e. The molecule has 8 heteroatoms. The van der Waals surface area contributed by atoms with Gasteiger partial charge in [-0.05, 0) is 31.0 Å². The molecule has 0 bridgehead atoms. The van der Waals surface area contributed by atoms with E-state index in [9.17, 15) is 4.79 Å². The van der Waals surface area contributed by atoms with Crippen LogP contribution in [0.25, 0.3) is 11.1 Å². The van der Waals surface area contributed by atoms with Crippen molar-refractivity contribution in [2.45, 2.75) is 25.7 Å². The minimum Gasteiger partial charge on any atom is -0.441 e. The van der Waals surface area contributed by atoms with Gasteiger partial charge in [0, 0.05) is 18.5 Å². The molecule has 0 unspecified atom stereocenters. The van der Waals surface area contributed by atoms with Gasteiger partial charge in [0.25, 0.3) is 0 Å². The molecule has 112 valence electrons. The number of nitrogens with one attached hydrogen (secondary N) is 2. The number of hydrogen-bond donors (Lipinski definition) is 2. The highest BCUT2D eigenvalue weighted by molar-refractivity contribution is 7.15. The Balaban J connectivity index is 1.45. The topological polar surface area (TPSA) is 92.9 Å². The summed E-state index contributed by atoms with van der Waals surface area (Å²) in [6.45, 7) is 1.78. The van der Waals surface area contributed by atoms with Crippen LogP contribution in [-0.2, 0) is 0 Å². The zero-order valence-electron chi connectivity index (χ0n) is 11.8. The van der Waals surface area contributed by atoms with E-state index >= 15 is 0 Å². The van der Waals surface area contributed by atoms with Crippen LogP contribution in [0.1, 0.15) is 29.7 Å². The number of amides is 2. The molecule has 1 aliphatic rings. The first-order valence-electron chi connectivity index (χ1n) is 6.96. The predicted molar refractivity (Wildman–Crippen MR) is 83.3 cm³/mol. The maximum Gasteiger partial charge on any atom is 0.325 e. The Morgan fingerprint density at radius 2 is 2.18 bits per heavy atom. The lowest BCUT2D eigenvalue weighted by atomic mass is 10.3. The maximum atomic E-state index is 12.0. The van der Waals surface area contributed by atoms with Gasteiger partial charge in [0.15, 0.2) is 11.5 Å². The van der Waals surface area contributed by atoms with Gasteiger partial charge in [0.2, 0.25) is 5.13 Å². The van der Waals surface area contributed by atoms with E-state index in [1.54, 1.807) is 25.1 Å². The summed E-state index contributed by atoms with van der Waals surface area (Å²) >= 11 is 1.43. The number of fused-ring (bicyclic) bond motifs is 1. The lowest BCUT2D eigenvalue weighted by Gasteiger charge is -2.04. The van der Waals surface area contributed by atoms with Crippen LogP contribution in [0.3, 0.4) is 0 Å². The van der Waals surface area contributed by atoms with E-state index in [4.69, 9.17) is 4.42 Å². The predicted octanol–water partition coefficient (Wildman–Crippen LogP) is 3.51. The summed E-state index contributed by atoms with van der Waals surface area (Å²) in [5, 5.41) is 15.0. The molecule has 2 aromatic heterocycles. The first-order chi connectivity index (χ1) is 10.7. The Kier molecular flexibility index (Phi) is 3.04. The fraction of sp³-hybridized carbons (Fsp3) is 0.286. The minimum absolute atomic E-state index is 0.349. The van der Waals surface area contributed by atoms with Crippen LogP contribution in [-0.4, -0.2) is 21.2 Å². The molecule has 1 aromatic carbocycles. The zero-order valence-corrected chi connectivity index (χ0v) is 12.6. The van der Waals surface area contributed by atoms with E-state index in [2.05, 4.69) is 25.8 Å². The molecule has 1 fully saturated rings. The van der Waals surface area contributed by atoms with Crippen LogP contribution < -0.4 is 10.6 Å². The number of aryl methyl sites for hydroxylation is 1. The van der Waals surface area contributed by atoms with Gasteiger partial charge >= 0.3 is 6.03 Å². The van der Waals surface area contributed by atoms with E-state index < -0.39 is 0 Å². The van der Waals surface area contributed by atoms with Gasteiger partial charge in [0.1, 0.15) is 10.5 Å². The van der Waals surface area contributed by atoms with Crippen LogP contribution in [0.4, 0.5) is 15.6 Å². The van der Waals surface area contributed by atoms with E-state index in [1.165, 1.54) is 11.3 Å². The smallest absolute Gasteiger partial charge is 0.325 e.